The van der Waals surface area contributed by atoms with Crippen LogP contribution in [0.25, 0.3) is 0 Å². The number of carbonyl (C=O) groups is 1. The maximum atomic E-state index is 12.2. The van der Waals surface area contributed by atoms with Gasteiger partial charge in [0.1, 0.15) is 0 Å². The maximum absolute atomic E-state index is 12.2. The average molecular weight is 249 g/mol. The third-order valence-electron chi connectivity index (χ3n) is 4.03. The zero-order valence-corrected chi connectivity index (χ0v) is 11.5. The van der Waals surface area contributed by atoms with E-state index in [9.17, 15) is 4.79 Å². The van der Waals surface area contributed by atoms with Gasteiger partial charge in [-0.05, 0) is 51.8 Å². The van der Waals surface area contributed by atoms with Crippen molar-refractivity contribution in [2.45, 2.75) is 45.2 Å². The van der Waals surface area contributed by atoms with E-state index >= 15 is 0 Å². The molecule has 2 rings (SSSR count). The normalized spacial score (nSPS) is 23.9. The molecule has 4 nitrogen and oxygen atoms in total. The highest BCUT2D eigenvalue weighted by molar-refractivity contribution is 5.85. The highest BCUT2D eigenvalue weighted by Crippen LogP contribution is 2.19. The number of amides is 1. The van der Waals surface area contributed by atoms with Gasteiger partial charge in [-0.15, -0.1) is 0 Å². The van der Waals surface area contributed by atoms with E-state index in [2.05, 4.69) is 34.3 Å². The third kappa shape index (κ3) is 2.58. The predicted octanol–water partition coefficient (Wildman–Crippen LogP) is 1.48. The van der Waals surface area contributed by atoms with Crippen LogP contribution >= 0.6 is 0 Å². The molecule has 0 saturated carbocycles. The zero-order valence-electron chi connectivity index (χ0n) is 11.5. The lowest BCUT2D eigenvalue weighted by molar-refractivity contribution is -0.128. The molecule has 18 heavy (non-hydrogen) atoms. The van der Waals surface area contributed by atoms with Gasteiger partial charge in [0.25, 0.3) is 0 Å². The number of aryl methyl sites for hydroxylation is 1. The van der Waals surface area contributed by atoms with Crippen LogP contribution < -0.4 is 10.6 Å². The van der Waals surface area contributed by atoms with Crippen LogP contribution in [-0.4, -0.2) is 22.6 Å². The second-order valence-corrected chi connectivity index (χ2v) is 5.42. The number of hydrogen-bond donors (Lipinski definition) is 2. The van der Waals surface area contributed by atoms with Crippen molar-refractivity contribution < 1.29 is 4.79 Å². The second-order valence-electron chi connectivity index (χ2n) is 5.42. The summed E-state index contributed by atoms with van der Waals surface area (Å²) in [6.45, 7) is 5.60. The van der Waals surface area contributed by atoms with Gasteiger partial charge < -0.3 is 15.2 Å². The lowest BCUT2D eigenvalue weighted by atomic mass is 9.90. The van der Waals surface area contributed by atoms with Gasteiger partial charge in [-0.3, -0.25) is 4.79 Å². The molecule has 0 bridgehead atoms. The number of nitrogens with one attached hydrogen (secondary N) is 2. The maximum Gasteiger partial charge on any atom is 0.240 e. The molecule has 100 valence electrons. The number of aromatic nitrogens is 1. The van der Waals surface area contributed by atoms with Crippen molar-refractivity contribution in [1.82, 2.24) is 15.2 Å². The van der Waals surface area contributed by atoms with Gasteiger partial charge in [0.15, 0.2) is 0 Å². The molecular weight excluding hydrogens is 226 g/mol. The molecule has 1 atom stereocenters. The monoisotopic (exact) mass is 249 g/mol. The van der Waals surface area contributed by atoms with Crippen LogP contribution in [0.3, 0.4) is 0 Å². The Bertz CT molecular complexity index is 430. The molecule has 2 N–H and O–H groups in total. The molecule has 1 unspecified atom stereocenters. The Morgan fingerprint density at radius 2 is 2.28 bits per heavy atom. The van der Waals surface area contributed by atoms with Crippen molar-refractivity contribution in [3.05, 3.63) is 23.5 Å². The third-order valence-corrected chi connectivity index (χ3v) is 4.03. The predicted molar refractivity (Wildman–Crippen MR) is 72.3 cm³/mol. The van der Waals surface area contributed by atoms with E-state index in [1.165, 1.54) is 12.1 Å². The van der Waals surface area contributed by atoms with E-state index in [0.29, 0.717) is 6.54 Å². The topological polar surface area (TPSA) is 46.1 Å². The van der Waals surface area contributed by atoms with Crippen molar-refractivity contribution >= 4 is 5.91 Å². The molecule has 0 radical (unpaired) electrons. The quantitative estimate of drug-likeness (QED) is 0.852. The van der Waals surface area contributed by atoms with Gasteiger partial charge in [0.2, 0.25) is 5.91 Å². The number of hydrogen-bond acceptors (Lipinski definition) is 2. The number of piperidine rings is 1. The van der Waals surface area contributed by atoms with Crippen LogP contribution in [-0.2, 0) is 18.4 Å². The second kappa shape index (κ2) is 5.14. The number of nitrogens with zero attached hydrogens (tertiary/aromatic N) is 1. The van der Waals surface area contributed by atoms with Crippen LogP contribution in [0.4, 0.5) is 0 Å². The minimum Gasteiger partial charge on any atom is -0.350 e. The molecule has 1 fully saturated rings. The fourth-order valence-corrected chi connectivity index (χ4v) is 2.46. The molecular formula is C14H23N3O. The van der Waals surface area contributed by atoms with Crippen LogP contribution in [0.2, 0.25) is 0 Å². The summed E-state index contributed by atoms with van der Waals surface area (Å²) in [5.74, 6) is 0.112. The Labute approximate surface area is 109 Å². The van der Waals surface area contributed by atoms with E-state index in [0.717, 1.165) is 25.1 Å². The Morgan fingerprint density at radius 3 is 2.83 bits per heavy atom. The first-order valence-electron chi connectivity index (χ1n) is 6.67. The molecule has 0 aliphatic carbocycles. The van der Waals surface area contributed by atoms with Crippen LogP contribution in [0.15, 0.2) is 12.1 Å². The van der Waals surface area contributed by atoms with Gasteiger partial charge in [-0.1, -0.05) is 0 Å². The standard InChI is InChI=1S/C14H23N3O/c1-11-6-7-12(17(11)3)10-15-13(18)14(2)8-4-5-9-16-14/h6-7,16H,4-5,8-10H2,1-3H3,(H,15,18). The van der Waals surface area contributed by atoms with Gasteiger partial charge in [-0.2, -0.15) is 0 Å². The molecule has 1 aromatic heterocycles. The molecule has 0 aromatic carbocycles. The summed E-state index contributed by atoms with van der Waals surface area (Å²) in [7, 11) is 2.03. The van der Waals surface area contributed by atoms with Crippen molar-refractivity contribution in [3.8, 4) is 0 Å². The van der Waals surface area contributed by atoms with Crippen molar-refractivity contribution in [2.24, 2.45) is 7.05 Å². The molecule has 1 aliphatic heterocycles. The lowest BCUT2D eigenvalue weighted by Crippen LogP contribution is -2.56. The molecule has 1 saturated heterocycles. The van der Waals surface area contributed by atoms with E-state index < -0.39 is 5.54 Å². The fourth-order valence-electron chi connectivity index (χ4n) is 2.46. The highest BCUT2D eigenvalue weighted by Gasteiger charge is 2.33. The summed E-state index contributed by atoms with van der Waals surface area (Å²) in [4.78, 5) is 12.2. The summed E-state index contributed by atoms with van der Waals surface area (Å²) < 4.78 is 2.11. The van der Waals surface area contributed by atoms with Crippen LogP contribution in [0.1, 0.15) is 37.6 Å². The summed E-state index contributed by atoms with van der Waals surface area (Å²) >= 11 is 0. The summed E-state index contributed by atoms with van der Waals surface area (Å²) in [6, 6.07) is 4.13. The minimum absolute atomic E-state index is 0.112. The minimum atomic E-state index is -0.390. The zero-order chi connectivity index (χ0) is 13.2. The Kier molecular flexibility index (Phi) is 3.76. The van der Waals surface area contributed by atoms with Gasteiger partial charge in [0, 0.05) is 18.4 Å². The largest absolute Gasteiger partial charge is 0.350 e. The first-order valence-corrected chi connectivity index (χ1v) is 6.67. The first kappa shape index (κ1) is 13.1. The number of carbonyl (C=O) groups excluding carboxylic acids is 1. The SMILES string of the molecule is Cc1ccc(CNC(=O)C2(C)CCCCN2)n1C. The van der Waals surface area contributed by atoms with Gasteiger partial charge in [-0.25, -0.2) is 0 Å². The van der Waals surface area contributed by atoms with E-state index in [-0.39, 0.29) is 5.91 Å². The molecule has 1 amide bonds. The molecule has 1 aromatic rings. The molecule has 4 heteroatoms. The van der Waals surface area contributed by atoms with Gasteiger partial charge in [0.05, 0.1) is 12.1 Å². The summed E-state index contributed by atoms with van der Waals surface area (Å²) in [5.41, 5.74) is 1.96. The van der Waals surface area contributed by atoms with E-state index in [1.807, 2.05) is 14.0 Å². The molecule has 2 heterocycles. The van der Waals surface area contributed by atoms with Crippen molar-refractivity contribution in [2.75, 3.05) is 6.54 Å². The Balaban J connectivity index is 1.93. The van der Waals surface area contributed by atoms with Gasteiger partial charge >= 0.3 is 0 Å². The molecule has 0 spiro atoms. The number of rotatable bonds is 3. The van der Waals surface area contributed by atoms with Crippen molar-refractivity contribution in [3.63, 3.8) is 0 Å². The highest BCUT2D eigenvalue weighted by atomic mass is 16.2. The van der Waals surface area contributed by atoms with Crippen LogP contribution in [0, 0.1) is 6.92 Å². The van der Waals surface area contributed by atoms with Crippen molar-refractivity contribution in [1.29, 1.82) is 0 Å². The Hall–Kier alpha value is -1.29. The first-order chi connectivity index (χ1) is 8.53. The summed E-state index contributed by atoms with van der Waals surface area (Å²) in [6.07, 6.45) is 3.21. The van der Waals surface area contributed by atoms with Crippen LogP contribution in [0.5, 0.6) is 0 Å². The lowest BCUT2D eigenvalue weighted by Gasteiger charge is -2.33. The fraction of sp³-hybridized carbons (Fsp3) is 0.643. The molecule has 1 aliphatic rings. The average Bonchev–Trinajstić information content (AvgIpc) is 2.68. The van der Waals surface area contributed by atoms with E-state index in [4.69, 9.17) is 0 Å². The smallest absolute Gasteiger partial charge is 0.240 e. The summed E-state index contributed by atoms with van der Waals surface area (Å²) in [5, 5.41) is 6.37. The van der Waals surface area contributed by atoms with E-state index in [1.54, 1.807) is 0 Å². The Morgan fingerprint density at radius 1 is 1.50 bits per heavy atom.